The Hall–Kier alpha value is -2.85. The number of esters is 1. The topological polar surface area (TPSA) is 35.5 Å². The van der Waals surface area contributed by atoms with E-state index in [2.05, 4.69) is 93.6 Å². The van der Waals surface area contributed by atoms with Crippen molar-refractivity contribution < 1.29 is 14.3 Å². The number of hydrogen-bond donors (Lipinski definition) is 0. The summed E-state index contributed by atoms with van der Waals surface area (Å²) in [6, 6.07) is 26.1. The van der Waals surface area contributed by atoms with Crippen LogP contribution in [0.4, 0.5) is 0 Å². The Morgan fingerprint density at radius 2 is 1.36 bits per heavy atom. The fraction of sp³-hybridized carbons (Fsp3) is 0.345. The minimum atomic E-state index is -1.61. The summed E-state index contributed by atoms with van der Waals surface area (Å²) in [5, 5.41) is 4.13. The van der Waals surface area contributed by atoms with Crippen molar-refractivity contribution in [3.63, 3.8) is 0 Å². The number of benzene rings is 3. The number of carbonyl (C=O) groups excluding carboxylic acids is 1. The number of aryl methyl sites for hydroxylation is 2. The van der Waals surface area contributed by atoms with Crippen LogP contribution in [-0.4, -0.2) is 27.0 Å². The molecule has 1 aliphatic rings. The summed E-state index contributed by atoms with van der Waals surface area (Å²) in [5.41, 5.74) is 1.85. The van der Waals surface area contributed by atoms with Crippen LogP contribution in [0.25, 0.3) is 0 Å². The molecule has 0 radical (unpaired) electrons. The van der Waals surface area contributed by atoms with Crippen molar-refractivity contribution in [2.45, 2.75) is 58.5 Å². The molecule has 0 atom stereocenters. The van der Waals surface area contributed by atoms with Gasteiger partial charge in [-0.05, 0) is 57.1 Å². The number of hydrogen-bond acceptors (Lipinski definition) is 3. The van der Waals surface area contributed by atoms with E-state index in [1.165, 1.54) is 15.6 Å². The first-order chi connectivity index (χ1) is 16.0. The molecular formula is C29H34O3Si. The van der Waals surface area contributed by atoms with Gasteiger partial charge in [-0.3, -0.25) is 0 Å². The molecule has 0 bridgehead atoms. The molecule has 3 aromatic rings. The highest BCUT2D eigenvalue weighted by atomic mass is 28.3. The minimum absolute atomic E-state index is 0.0407. The molecule has 1 saturated carbocycles. The van der Waals surface area contributed by atoms with Gasteiger partial charge in [-0.1, -0.05) is 95.3 Å². The predicted octanol–water partition coefficient (Wildman–Crippen LogP) is 4.20. The van der Waals surface area contributed by atoms with Crippen molar-refractivity contribution in [1.82, 2.24) is 0 Å². The first-order valence-electron chi connectivity index (χ1n) is 12.1. The van der Waals surface area contributed by atoms with Gasteiger partial charge in [0.2, 0.25) is 0 Å². The van der Waals surface area contributed by atoms with Crippen molar-refractivity contribution in [2.24, 2.45) is 0 Å². The zero-order chi connectivity index (χ0) is 23.3. The maximum Gasteiger partial charge on any atom is 0.344 e. The predicted molar refractivity (Wildman–Crippen MR) is 138 cm³/mol. The van der Waals surface area contributed by atoms with Crippen LogP contribution >= 0.6 is 0 Å². The first-order valence-corrected chi connectivity index (χ1v) is 13.8. The van der Waals surface area contributed by atoms with Crippen molar-refractivity contribution in [2.75, 3.05) is 6.61 Å². The van der Waals surface area contributed by atoms with E-state index in [1.807, 2.05) is 0 Å². The second kappa shape index (κ2) is 10.4. The molecule has 4 heteroatoms. The van der Waals surface area contributed by atoms with E-state index in [4.69, 9.17) is 9.47 Å². The quantitative estimate of drug-likeness (QED) is 0.288. The fourth-order valence-electron chi connectivity index (χ4n) is 5.20. The zero-order valence-electron chi connectivity index (χ0n) is 20.0. The molecule has 0 saturated heterocycles. The molecule has 1 fully saturated rings. The highest BCUT2D eigenvalue weighted by Crippen LogP contribution is 2.36. The van der Waals surface area contributed by atoms with Crippen LogP contribution in [-0.2, 0) is 9.53 Å². The van der Waals surface area contributed by atoms with E-state index in [-0.39, 0.29) is 18.2 Å². The molecule has 0 amide bonds. The van der Waals surface area contributed by atoms with E-state index >= 15 is 0 Å². The van der Waals surface area contributed by atoms with Crippen molar-refractivity contribution in [3.05, 3.63) is 83.9 Å². The fourth-order valence-corrected chi connectivity index (χ4v) is 8.40. The third-order valence-corrected chi connectivity index (χ3v) is 10.0. The van der Waals surface area contributed by atoms with E-state index < -0.39 is 8.80 Å². The van der Waals surface area contributed by atoms with Crippen LogP contribution in [0.1, 0.15) is 50.2 Å². The monoisotopic (exact) mass is 458 g/mol. The van der Waals surface area contributed by atoms with Gasteiger partial charge in [0.05, 0.1) is 0 Å². The molecule has 33 heavy (non-hydrogen) atoms. The van der Waals surface area contributed by atoms with E-state index in [0.29, 0.717) is 0 Å². The lowest BCUT2D eigenvalue weighted by atomic mass is 9.99. The van der Waals surface area contributed by atoms with E-state index in [0.717, 1.165) is 49.0 Å². The van der Waals surface area contributed by atoms with Crippen LogP contribution in [0.2, 0.25) is 0 Å². The van der Waals surface area contributed by atoms with Gasteiger partial charge in [0, 0.05) is 0 Å². The van der Waals surface area contributed by atoms with Crippen LogP contribution in [0, 0.1) is 13.8 Å². The Kier molecular flexibility index (Phi) is 7.34. The lowest BCUT2D eigenvalue weighted by Gasteiger charge is -2.27. The molecule has 0 aliphatic heterocycles. The Balaban J connectivity index is 1.55. The maximum atomic E-state index is 12.6. The molecule has 3 nitrogen and oxygen atoms in total. The van der Waals surface area contributed by atoms with E-state index in [9.17, 15) is 4.79 Å². The Morgan fingerprint density at radius 1 is 0.848 bits per heavy atom. The molecule has 0 aromatic heterocycles. The summed E-state index contributed by atoms with van der Waals surface area (Å²) in [4.78, 5) is 12.6. The van der Waals surface area contributed by atoms with Crippen LogP contribution in [0.15, 0.2) is 72.8 Å². The van der Waals surface area contributed by atoms with Gasteiger partial charge in [0.1, 0.15) is 20.1 Å². The second-order valence-corrected chi connectivity index (χ2v) is 12.1. The van der Waals surface area contributed by atoms with Gasteiger partial charge in [-0.25, -0.2) is 4.79 Å². The van der Waals surface area contributed by atoms with Crippen LogP contribution < -0.4 is 20.3 Å². The molecule has 0 unspecified atom stereocenters. The average molecular weight is 459 g/mol. The third-order valence-electron chi connectivity index (χ3n) is 6.91. The lowest BCUT2D eigenvalue weighted by molar-refractivity contribution is -0.162. The average Bonchev–Trinajstić information content (AvgIpc) is 3.29. The highest BCUT2D eigenvalue weighted by molar-refractivity contribution is 6.95. The summed E-state index contributed by atoms with van der Waals surface area (Å²) in [7, 11) is -1.61. The molecule has 0 heterocycles. The van der Waals surface area contributed by atoms with Crippen molar-refractivity contribution in [3.8, 4) is 5.75 Å². The minimum Gasteiger partial charge on any atom is -0.481 e. The number of rotatable bonds is 8. The lowest BCUT2D eigenvalue weighted by Crippen LogP contribution is -2.52. The Labute approximate surface area is 199 Å². The second-order valence-electron chi connectivity index (χ2n) is 9.24. The maximum absolute atomic E-state index is 12.6. The molecule has 4 rings (SSSR count). The number of carbonyl (C=O) groups is 1. The SMILES string of the molecule is CCC1(OC(=O)COc2c(C)cc([SiH](c3ccccc3)c3ccccc3)cc2C)CCCC1. The highest BCUT2D eigenvalue weighted by Gasteiger charge is 2.36. The van der Waals surface area contributed by atoms with Crippen LogP contribution in [0.3, 0.4) is 0 Å². The molecule has 3 aromatic carbocycles. The molecular weight excluding hydrogens is 424 g/mol. The molecule has 0 N–H and O–H groups in total. The molecule has 172 valence electrons. The molecule has 0 spiro atoms. The van der Waals surface area contributed by atoms with Gasteiger partial charge in [0.25, 0.3) is 0 Å². The van der Waals surface area contributed by atoms with Crippen LogP contribution in [0.5, 0.6) is 5.75 Å². The van der Waals surface area contributed by atoms with E-state index in [1.54, 1.807) is 0 Å². The summed E-state index contributed by atoms with van der Waals surface area (Å²) >= 11 is 0. The molecule has 1 aliphatic carbocycles. The van der Waals surface area contributed by atoms with Crippen molar-refractivity contribution in [1.29, 1.82) is 0 Å². The van der Waals surface area contributed by atoms with Gasteiger partial charge in [-0.15, -0.1) is 0 Å². The standard InChI is InChI=1S/C29H34O3Si/c1-4-29(17-11-12-18-29)32-27(30)21-31-28-22(2)19-26(20-23(28)3)33(24-13-7-5-8-14-24)25-15-9-6-10-16-25/h5-10,13-16,19-20,33H,4,11-12,17-18,21H2,1-3H3. The normalized spacial score (nSPS) is 14.9. The third kappa shape index (κ3) is 5.39. The van der Waals surface area contributed by atoms with Gasteiger partial charge >= 0.3 is 5.97 Å². The van der Waals surface area contributed by atoms with Crippen molar-refractivity contribution >= 4 is 30.3 Å². The Morgan fingerprint density at radius 3 is 1.85 bits per heavy atom. The summed E-state index contributed by atoms with van der Waals surface area (Å²) in [6.45, 7) is 6.21. The summed E-state index contributed by atoms with van der Waals surface area (Å²) in [6.07, 6.45) is 5.07. The first kappa shape index (κ1) is 23.3. The summed E-state index contributed by atoms with van der Waals surface area (Å²) in [5.74, 6) is 0.531. The van der Waals surface area contributed by atoms with Gasteiger partial charge in [-0.2, -0.15) is 0 Å². The zero-order valence-corrected chi connectivity index (χ0v) is 21.1. The largest absolute Gasteiger partial charge is 0.481 e. The van der Waals surface area contributed by atoms with Gasteiger partial charge in [0.15, 0.2) is 6.61 Å². The smallest absolute Gasteiger partial charge is 0.344 e. The number of ether oxygens (including phenoxy) is 2. The Bertz CT molecular complexity index is 1010. The summed E-state index contributed by atoms with van der Waals surface area (Å²) < 4.78 is 11.9. The van der Waals surface area contributed by atoms with Gasteiger partial charge < -0.3 is 9.47 Å².